The first kappa shape index (κ1) is 13.4. The molecule has 1 aromatic carbocycles. The maximum Gasteiger partial charge on any atom is 0.253 e. The van der Waals surface area contributed by atoms with Crippen molar-refractivity contribution in [2.45, 2.75) is 19.3 Å². The molecule has 1 aromatic rings. The minimum atomic E-state index is 0.170. The van der Waals surface area contributed by atoms with E-state index < -0.39 is 0 Å². The molecular weight excluding hydrogens is 248 g/mol. The van der Waals surface area contributed by atoms with E-state index in [0.29, 0.717) is 5.41 Å². The lowest BCUT2D eigenvalue weighted by Gasteiger charge is -2.33. The lowest BCUT2D eigenvalue weighted by molar-refractivity contribution is 0.0764. The summed E-state index contributed by atoms with van der Waals surface area (Å²) in [5.74, 6) is 0.170. The molecule has 1 amide bonds. The summed E-state index contributed by atoms with van der Waals surface area (Å²) in [6, 6.07) is 7.72. The van der Waals surface area contributed by atoms with Crippen LogP contribution < -0.4 is 5.32 Å². The number of rotatable bonds is 2. The van der Waals surface area contributed by atoms with Crippen LogP contribution in [0.4, 0.5) is 0 Å². The third kappa shape index (κ3) is 2.50. The van der Waals surface area contributed by atoms with Gasteiger partial charge in [0.2, 0.25) is 0 Å². The van der Waals surface area contributed by atoms with Crippen molar-refractivity contribution in [1.29, 1.82) is 0 Å². The smallest absolute Gasteiger partial charge is 0.253 e. The van der Waals surface area contributed by atoms with Gasteiger partial charge in [-0.2, -0.15) is 0 Å². The van der Waals surface area contributed by atoms with E-state index in [1.165, 1.54) is 12.8 Å². The predicted molar refractivity (Wildman–Crippen MR) is 81.6 cm³/mol. The van der Waals surface area contributed by atoms with E-state index in [4.69, 9.17) is 0 Å². The summed E-state index contributed by atoms with van der Waals surface area (Å²) in [5, 5.41) is 3.48. The predicted octanol–water partition coefficient (Wildman–Crippen LogP) is 2.55. The van der Waals surface area contributed by atoms with Crippen LogP contribution in [-0.2, 0) is 0 Å². The average Bonchev–Trinajstić information content (AvgIpc) is 2.91. The van der Waals surface area contributed by atoms with Crippen LogP contribution in [0.2, 0.25) is 0 Å². The first-order chi connectivity index (χ1) is 9.72. The van der Waals surface area contributed by atoms with Crippen LogP contribution in [-0.4, -0.2) is 37.0 Å². The SMILES string of the molecule is C=Cc1ccc(C(=O)N2CC[C@]3(CCCNC3)C2)cc1. The van der Waals surface area contributed by atoms with Gasteiger partial charge in [-0.25, -0.2) is 0 Å². The molecule has 20 heavy (non-hydrogen) atoms. The molecule has 1 atom stereocenters. The molecule has 2 fully saturated rings. The Hall–Kier alpha value is -1.61. The van der Waals surface area contributed by atoms with Gasteiger partial charge in [0, 0.05) is 30.6 Å². The third-order valence-electron chi connectivity index (χ3n) is 4.68. The summed E-state index contributed by atoms with van der Waals surface area (Å²) >= 11 is 0. The average molecular weight is 270 g/mol. The number of piperidine rings is 1. The highest BCUT2D eigenvalue weighted by Crippen LogP contribution is 2.36. The monoisotopic (exact) mass is 270 g/mol. The number of nitrogens with zero attached hydrogens (tertiary/aromatic N) is 1. The molecule has 106 valence electrons. The molecule has 2 heterocycles. The van der Waals surface area contributed by atoms with Crippen LogP contribution in [0.25, 0.3) is 6.08 Å². The Labute approximate surface area is 120 Å². The van der Waals surface area contributed by atoms with Crippen molar-refractivity contribution in [3.05, 3.63) is 42.0 Å². The van der Waals surface area contributed by atoms with E-state index in [-0.39, 0.29) is 5.91 Å². The van der Waals surface area contributed by atoms with Gasteiger partial charge in [0.1, 0.15) is 0 Å². The number of carbonyl (C=O) groups excluding carboxylic acids is 1. The van der Waals surface area contributed by atoms with Crippen molar-refractivity contribution in [2.24, 2.45) is 5.41 Å². The Morgan fingerprint density at radius 3 is 2.75 bits per heavy atom. The fourth-order valence-corrected chi connectivity index (χ4v) is 3.43. The van der Waals surface area contributed by atoms with Crippen LogP contribution in [0, 0.1) is 5.41 Å². The number of nitrogens with one attached hydrogen (secondary N) is 1. The van der Waals surface area contributed by atoms with Gasteiger partial charge < -0.3 is 10.2 Å². The number of amides is 1. The van der Waals surface area contributed by atoms with Gasteiger partial charge in [-0.15, -0.1) is 0 Å². The molecule has 1 spiro atoms. The molecule has 0 unspecified atom stereocenters. The highest BCUT2D eigenvalue weighted by Gasteiger charge is 2.40. The summed E-state index contributed by atoms with van der Waals surface area (Å²) in [6.45, 7) is 7.72. The largest absolute Gasteiger partial charge is 0.338 e. The van der Waals surface area contributed by atoms with Gasteiger partial charge in [-0.1, -0.05) is 24.8 Å². The van der Waals surface area contributed by atoms with Crippen molar-refractivity contribution in [3.8, 4) is 0 Å². The fraction of sp³-hybridized carbons (Fsp3) is 0.471. The second-order valence-corrected chi connectivity index (χ2v) is 6.08. The summed E-state index contributed by atoms with van der Waals surface area (Å²) in [4.78, 5) is 14.6. The van der Waals surface area contributed by atoms with Gasteiger partial charge in [0.25, 0.3) is 5.91 Å². The van der Waals surface area contributed by atoms with Crippen LogP contribution >= 0.6 is 0 Å². The maximum absolute atomic E-state index is 12.6. The molecule has 3 heteroatoms. The van der Waals surface area contributed by atoms with E-state index >= 15 is 0 Å². The molecule has 0 aliphatic carbocycles. The zero-order chi connectivity index (χ0) is 14.0. The van der Waals surface area contributed by atoms with Gasteiger partial charge in [-0.3, -0.25) is 4.79 Å². The summed E-state index contributed by atoms with van der Waals surface area (Å²) in [6.07, 6.45) is 5.42. The summed E-state index contributed by atoms with van der Waals surface area (Å²) in [7, 11) is 0. The molecule has 1 N–H and O–H groups in total. The fourth-order valence-electron chi connectivity index (χ4n) is 3.43. The zero-order valence-electron chi connectivity index (χ0n) is 11.9. The first-order valence-corrected chi connectivity index (χ1v) is 7.45. The molecule has 3 rings (SSSR count). The van der Waals surface area contributed by atoms with Crippen molar-refractivity contribution in [3.63, 3.8) is 0 Å². The molecule has 2 saturated heterocycles. The van der Waals surface area contributed by atoms with E-state index in [2.05, 4.69) is 11.9 Å². The number of carbonyl (C=O) groups is 1. The van der Waals surface area contributed by atoms with Crippen molar-refractivity contribution in [1.82, 2.24) is 10.2 Å². The Balaban J connectivity index is 1.70. The lowest BCUT2D eigenvalue weighted by Crippen LogP contribution is -2.42. The zero-order valence-corrected chi connectivity index (χ0v) is 11.9. The van der Waals surface area contributed by atoms with Crippen molar-refractivity contribution < 1.29 is 4.79 Å². The maximum atomic E-state index is 12.6. The minimum absolute atomic E-state index is 0.170. The first-order valence-electron chi connectivity index (χ1n) is 7.45. The second-order valence-electron chi connectivity index (χ2n) is 6.08. The topological polar surface area (TPSA) is 32.3 Å². The van der Waals surface area contributed by atoms with Crippen LogP contribution in [0.1, 0.15) is 35.2 Å². The van der Waals surface area contributed by atoms with E-state index in [1.807, 2.05) is 29.2 Å². The molecule has 0 aromatic heterocycles. The molecule has 0 bridgehead atoms. The molecule has 2 aliphatic rings. The number of benzene rings is 1. The Kier molecular flexibility index (Phi) is 3.62. The highest BCUT2D eigenvalue weighted by molar-refractivity contribution is 5.94. The van der Waals surface area contributed by atoms with Gasteiger partial charge >= 0.3 is 0 Å². The molecule has 0 saturated carbocycles. The van der Waals surface area contributed by atoms with Crippen LogP contribution in [0.3, 0.4) is 0 Å². The van der Waals surface area contributed by atoms with E-state index in [9.17, 15) is 4.79 Å². The van der Waals surface area contributed by atoms with E-state index in [0.717, 1.165) is 43.7 Å². The molecular formula is C17H22N2O. The minimum Gasteiger partial charge on any atom is -0.338 e. The second kappa shape index (κ2) is 5.41. The number of hydrogen-bond donors (Lipinski definition) is 1. The quantitative estimate of drug-likeness (QED) is 0.895. The molecule has 3 nitrogen and oxygen atoms in total. The molecule has 2 aliphatic heterocycles. The lowest BCUT2D eigenvalue weighted by atomic mass is 9.80. The summed E-state index contributed by atoms with van der Waals surface area (Å²) < 4.78 is 0. The summed E-state index contributed by atoms with van der Waals surface area (Å²) in [5.41, 5.74) is 2.17. The van der Waals surface area contributed by atoms with Crippen LogP contribution in [0.5, 0.6) is 0 Å². The number of hydrogen-bond acceptors (Lipinski definition) is 2. The Morgan fingerprint density at radius 1 is 1.30 bits per heavy atom. The number of likely N-dealkylation sites (tertiary alicyclic amines) is 1. The highest BCUT2D eigenvalue weighted by atomic mass is 16.2. The normalized spacial score (nSPS) is 25.9. The Bertz CT molecular complexity index is 500. The Morgan fingerprint density at radius 2 is 2.10 bits per heavy atom. The third-order valence-corrected chi connectivity index (χ3v) is 4.68. The van der Waals surface area contributed by atoms with Gasteiger partial charge in [0.15, 0.2) is 0 Å². The van der Waals surface area contributed by atoms with Crippen molar-refractivity contribution in [2.75, 3.05) is 26.2 Å². The van der Waals surface area contributed by atoms with Crippen molar-refractivity contribution >= 4 is 12.0 Å². The van der Waals surface area contributed by atoms with E-state index in [1.54, 1.807) is 6.08 Å². The molecule has 0 radical (unpaired) electrons. The standard InChI is InChI=1S/C17H22N2O/c1-2-14-4-6-15(7-5-14)16(20)19-11-9-17(13-19)8-3-10-18-12-17/h2,4-7,18H,1,3,8-13H2/t17-/m0/s1. The van der Waals surface area contributed by atoms with Gasteiger partial charge in [-0.05, 0) is 43.5 Å². The van der Waals surface area contributed by atoms with Crippen LogP contribution in [0.15, 0.2) is 30.8 Å². The van der Waals surface area contributed by atoms with Gasteiger partial charge in [0.05, 0.1) is 0 Å².